The summed E-state index contributed by atoms with van der Waals surface area (Å²) in [7, 11) is 1.98. The van der Waals surface area contributed by atoms with Gasteiger partial charge in [0.15, 0.2) is 12.5 Å². The van der Waals surface area contributed by atoms with Gasteiger partial charge < -0.3 is 40.2 Å². The minimum atomic E-state index is -1.28. The number of rotatable bonds is 18. The number of unbranched alkanes of at least 4 members (excludes halogenated alkanes) is 9. The lowest BCUT2D eigenvalue weighted by atomic mass is 10.1. The van der Waals surface area contributed by atoms with Crippen molar-refractivity contribution in [2.45, 2.75) is 127 Å². The van der Waals surface area contributed by atoms with Crippen molar-refractivity contribution in [3.05, 3.63) is 33.1 Å². The van der Waals surface area contributed by atoms with Crippen LogP contribution < -0.4 is 17.0 Å². The second-order valence-electron chi connectivity index (χ2n) is 11.3. The van der Waals surface area contributed by atoms with Crippen LogP contribution in [-0.2, 0) is 14.2 Å². The van der Waals surface area contributed by atoms with Crippen LogP contribution >= 0.6 is 0 Å². The number of aromatic amines is 1. The molecule has 0 saturated carbocycles. The molecular formula is C28H50N4O8. The molecule has 0 aliphatic carbocycles. The van der Waals surface area contributed by atoms with Gasteiger partial charge in [-0.05, 0) is 20.0 Å². The maximum absolute atomic E-state index is 12.3. The molecule has 230 valence electrons. The minimum absolute atomic E-state index is 0.0250. The van der Waals surface area contributed by atoms with Crippen molar-refractivity contribution in [3.63, 3.8) is 0 Å². The number of hydrogen-bond acceptors (Lipinski definition) is 10. The molecule has 0 unspecified atom stereocenters. The first-order chi connectivity index (χ1) is 19.2. The molecule has 1 aromatic heterocycles. The summed E-state index contributed by atoms with van der Waals surface area (Å²) in [6.45, 7) is 3.50. The van der Waals surface area contributed by atoms with E-state index in [0.29, 0.717) is 6.54 Å². The van der Waals surface area contributed by atoms with Crippen molar-refractivity contribution >= 4 is 0 Å². The average Bonchev–Trinajstić information content (AvgIpc) is 3.43. The van der Waals surface area contributed by atoms with Gasteiger partial charge in [-0.3, -0.25) is 14.3 Å². The Balaban J connectivity index is 1.55. The van der Waals surface area contributed by atoms with E-state index in [2.05, 4.69) is 16.8 Å². The van der Waals surface area contributed by atoms with Crippen LogP contribution in [0.3, 0.4) is 0 Å². The van der Waals surface area contributed by atoms with Gasteiger partial charge in [0.25, 0.3) is 5.56 Å². The lowest BCUT2D eigenvalue weighted by Gasteiger charge is -2.31. The van der Waals surface area contributed by atoms with E-state index in [-0.39, 0.29) is 13.0 Å². The van der Waals surface area contributed by atoms with Crippen molar-refractivity contribution in [1.82, 2.24) is 14.5 Å². The third kappa shape index (κ3) is 9.45. The molecule has 3 heterocycles. The van der Waals surface area contributed by atoms with E-state index in [1.165, 1.54) is 63.6 Å². The number of hydrogen-bond donors (Lipinski definition) is 5. The number of aromatic nitrogens is 2. The van der Waals surface area contributed by atoms with Gasteiger partial charge >= 0.3 is 5.69 Å². The van der Waals surface area contributed by atoms with Gasteiger partial charge in [0.1, 0.15) is 24.4 Å². The molecule has 12 nitrogen and oxygen atoms in total. The minimum Gasteiger partial charge on any atom is -0.388 e. The van der Waals surface area contributed by atoms with Crippen LogP contribution in [0.25, 0.3) is 0 Å². The highest BCUT2D eigenvalue weighted by molar-refractivity contribution is 4.93. The Morgan fingerprint density at radius 1 is 1.05 bits per heavy atom. The smallest absolute Gasteiger partial charge is 0.330 e. The van der Waals surface area contributed by atoms with Gasteiger partial charge in [-0.1, -0.05) is 64.7 Å². The predicted molar refractivity (Wildman–Crippen MR) is 150 cm³/mol. The fourth-order valence-electron chi connectivity index (χ4n) is 5.51. The number of ether oxygens (including phenoxy) is 3. The molecule has 2 aliphatic heterocycles. The summed E-state index contributed by atoms with van der Waals surface area (Å²) in [5, 5.41) is 31.5. The summed E-state index contributed by atoms with van der Waals surface area (Å²) in [6.07, 6.45) is 6.28. The van der Waals surface area contributed by atoms with Gasteiger partial charge in [0.05, 0.1) is 12.2 Å². The normalized spacial score (nSPS) is 29.4. The number of H-pyrrole nitrogens is 1. The average molecular weight is 571 g/mol. The number of aliphatic hydroxyl groups is 3. The van der Waals surface area contributed by atoms with Gasteiger partial charge in [0.2, 0.25) is 0 Å². The molecule has 3 rings (SSSR count). The summed E-state index contributed by atoms with van der Waals surface area (Å²) >= 11 is 0. The molecule has 0 spiro atoms. The third-order valence-electron chi connectivity index (χ3n) is 7.90. The van der Waals surface area contributed by atoms with Crippen LogP contribution in [0, 0.1) is 0 Å². The topological polar surface area (TPSA) is 172 Å². The highest BCUT2D eigenvalue weighted by atomic mass is 16.7. The molecular weight excluding hydrogens is 520 g/mol. The largest absolute Gasteiger partial charge is 0.388 e. The molecule has 12 heteroatoms. The Bertz CT molecular complexity index is 974. The molecule has 2 saturated heterocycles. The zero-order valence-corrected chi connectivity index (χ0v) is 24.0. The molecule has 1 aromatic rings. The van der Waals surface area contributed by atoms with Gasteiger partial charge in [-0.2, -0.15) is 0 Å². The van der Waals surface area contributed by atoms with E-state index in [0.717, 1.165) is 24.0 Å². The standard InChI is InChI=1S/C28H50N4O8/c1-3-4-5-6-7-8-9-10-11-12-14-31(2)18-22(40-27-25(36)24(35)21(17-29)39-27)20-16-19(33)26(38-20)32-15-13-23(34)30-28(32)37/h13,15,19-22,24-27,33,35-36H,3-12,14,16-18,29H2,1-2H3,(H,30,34,37)/t19-,20+,21-,22+,24-,25-,26-,27+/m1/s1. The van der Waals surface area contributed by atoms with Crippen molar-refractivity contribution in [2.75, 3.05) is 26.7 Å². The summed E-state index contributed by atoms with van der Waals surface area (Å²) < 4.78 is 19.1. The fourth-order valence-corrected chi connectivity index (χ4v) is 5.51. The lowest BCUT2D eigenvalue weighted by molar-refractivity contribution is -0.217. The summed E-state index contributed by atoms with van der Waals surface area (Å²) in [5.41, 5.74) is 4.43. The Hall–Kier alpha value is -1.64. The Morgan fingerprint density at radius 3 is 2.30 bits per heavy atom. The SMILES string of the molecule is CCCCCCCCCCCCN(C)C[C@H](O[C@@H]1O[C@H](CN)[C@@H](O)[C@H]1O)[C@@H]1C[C@@H](O)[C@H](n2ccc(=O)[nH]c2=O)O1. The van der Waals surface area contributed by atoms with E-state index in [4.69, 9.17) is 19.9 Å². The second-order valence-corrected chi connectivity index (χ2v) is 11.3. The second kappa shape index (κ2) is 16.7. The molecule has 2 fully saturated rings. The quantitative estimate of drug-likeness (QED) is 0.159. The number of nitrogens with two attached hydrogens (primary N) is 1. The van der Waals surface area contributed by atoms with Crippen LogP contribution in [-0.4, -0.2) is 99.4 Å². The first-order valence-corrected chi connectivity index (χ1v) is 15.0. The van der Waals surface area contributed by atoms with E-state index in [1.807, 2.05) is 7.05 Å². The van der Waals surface area contributed by atoms with Crippen molar-refractivity contribution in [2.24, 2.45) is 5.73 Å². The number of nitrogens with one attached hydrogen (secondary N) is 1. The van der Waals surface area contributed by atoms with Gasteiger partial charge in [-0.15, -0.1) is 0 Å². The number of likely N-dealkylation sites (N-methyl/N-ethyl adjacent to an activating group) is 1. The van der Waals surface area contributed by atoms with E-state index < -0.39 is 60.4 Å². The first-order valence-electron chi connectivity index (χ1n) is 15.0. The summed E-state index contributed by atoms with van der Waals surface area (Å²) in [6, 6.07) is 1.19. The molecule has 0 bridgehead atoms. The molecule has 0 aromatic carbocycles. The van der Waals surface area contributed by atoms with Crippen LogP contribution in [0.15, 0.2) is 21.9 Å². The molecule has 0 amide bonds. The van der Waals surface area contributed by atoms with Gasteiger partial charge in [-0.25, -0.2) is 4.79 Å². The lowest BCUT2D eigenvalue weighted by Crippen LogP contribution is -2.45. The Morgan fingerprint density at radius 2 is 1.70 bits per heavy atom. The van der Waals surface area contributed by atoms with E-state index in [9.17, 15) is 24.9 Å². The third-order valence-corrected chi connectivity index (χ3v) is 7.90. The van der Waals surface area contributed by atoms with Crippen molar-refractivity contribution in [1.29, 1.82) is 0 Å². The van der Waals surface area contributed by atoms with Crippen molar-refractivity contribution < 1.29 is 29.5 Å². The summed E-state index contributed by atoms with van der Waals surface area (Å²) in [4.78, 5) is 28.1. The van der Waals surface area contributed by atoms with Crippen molar-refractivity contribution in [3.8, 4) is 0 Å². The number of aliphatic hydroxyl groups excluding tert-OH is 3. The van der Waals surface area contributed by atoms with Gasteiger partial charge in [0, 0.05) is 31.8 Å². The fraction of sp³-hybridized carbons (Fsp3) is 0.857. The molecule has 6 N–H and O–H groups in total. The molecule has 0 radical (unpaired) electrons. The first kappa shape index (κ1) is 32.9. The maximum Gasteiger partial charge on any atom is 0.330 e. The Kier molecular flexibility index (Phi) is 13.7. The monoisotopic (exact) mass is 570 g/mol. The zero-order valence-electron chi connectivity index (χ0n) is 24.0. The maximum atomic E-state index is 12.3. The molecule has 2 aliphatic rings. The van der Waals surface area contributed by atoms with Crippen LogP contribution in [0.4, 0.5) is 0 Å². The zero-order chi connectivity index (χ0) is 29.1. The predicted octanol–water partition coefficient (Wildman–Crippen LogP) is 0.828. The molecule has 40 heavy (non-hydrogen) atoms. The van der Waals surface area contributed by atoms with Crippen LogP contribution in [0.1, 0.15) is 83.8 Å². The Labute approximate surface area is 236 Å². The molecule has 8 atom stereocenters. The van der Waals surface area contributed by atoms with Crippen LogP contribution in [0.2, 0.25) is 0 Å². The number of nitrogens with zero attached hydrogens (tertiary/aromatic N) is 2. The van der Waals surface area contributed by atoms with Crippen LogP contribution in [0.5, 0.6) is 0 Å². The highest BCUT2D eigenvalue weighted by Gasteiger charge is 2.47. The highest BCUT2D eigenvalue weighted by Crippen LogP contribution is 2.33. The summed E-state index contributed by atoms with van der Waals surface area (Å²) in [5.74, 6) is 0. The van der Waals surface area contributed by atoms with E-state index >= 15 is 0 Å². The van der Waals surface area contributed by atoms with E-state index in [1.54, 1.807) is 0 Å².